The molecule has 0 saturated heterocycles. The number of aromatic nitrogens is 2. The van der Waals surface area contributed by atoms with Gasteiger partial charge in [-0.1, -0.05) is 12.1 Å². The van der Waals surface area contributed by atoms with E-state index in [1.165, 1.54) is 0 Å². The van der Waals surface area contributed by atoms with Crippen LogP contribution < -0.4 is 0 Å². The third-order valence-electron chi connectivity index (χ3n) is 2.95. The van der Waals surface area contributed by atoms with E-state index in [2.05, 4.69) is 14.9 Å². The van der Waals surface area contributed by atoms with E-state index < -0.39 is 0 Å². The number of rotatable bonds is 3. The summed E-state index contributed by atoms with van der Waals surface area (Å²) in [5.41, 5.74) is 2.75. The summed E-state index contributed by atoms with van der Waals surface area (Å²) in [6.45, 7) is 2.71. The monoisotopic (exact) mass is 256 g/mol. The maximum Gasteiger partial charge on any atom is 0.152 e. The van der Waals surface area contributed by atoms with Crippen molar-refractivity contribution in [3.8, 4) is 0 Å². The summed E-state index contributed by atoms with van der Waals surface area (Å²) in [6, 6.07) is 7.80. The molecule has 18 heavy (non-hydrogen) atoms. The molecule has 3 aromatic rings. The Hall–Kier alpha value is -1.94. The van der Waals surface area contributed by atoms with Crippen LogP contribution in [0.3, 0.4) is 0 Å². The average molecular weight is 256 g/mol. The summed E-state index contributed by atoms with van der Waals surface area (Å²) in [7, 11) is 0. The Kier molecular flexibility index (Phi) is 2.72. The highest BCUT2D eigenvalue weighted by Crippen LogP contribution is 2.20. The number of fused-ring (bicyclic) bond motifs is 1. The standard InChI is InChI=1S/C14H12N2OS/c1-10-15-13(9-18-10)7-16-6-5-11-3-2-4-12(8-17)14(11)16/h2-6,8-9H,7H2,1H3. The third kappa shape index (κ3) is 1.84. The molecule has 0 spiro atoms. The van der Waals surface area contributed by atoms with Crippen LogP contribution in [0.25, 0.3) is 10.9 Å². The van der Waals surface area contributed by atoms with Crippen molar-refractivity contribution in [2.24, 2.45) is 0 Å². The van der Waals surface area contributed by atoms with Crippen LogP contribution in [-0.2, 0) is 6.54 Å². The van der Waals surface area contributed by atoms with Gasteiger partial charge in [0.15, 0.2) is 6.29 Å². The van der Waals surface area contributed by atoms with Crippen LogP contribution in [0.4, 0.5) is 0 Å². The zero-order chi connectivity index (χ0) is 12.5. The maximum absolute atomic E-state index is 11.1. The Labute approximate surface area is 109 Å². The SMILES string of the molecule is Cc1nc(Cn2ccc3cccc(C=O)c32)cs1. The van der Waals surface area contributed by atoms with Crippen LogP contribution in [0.5, 0.6) is 0 Å². The second-order valence-corrected chi connectivity index (χ2v) is 5.27. The van der Waals surface area contributed by atoms with Gasteiger partial charge in [0.05, 0.1) is 22.8 Å². The molecule has 1 aromatic carbocycles. The number of para-hydroxylation sites is 1. The molecular weight excluding hydrogens is 244 g/mol. The molecular formula is C14H12N2OS. The number of nitrogens with zero attached hydrogens (tertiary/aromatic N) is 2. The number of aldehydes is 1. The van der Waals surface area contributed by atoms with Gasteiger partial charge in [0, 0.05) is 22.5 Å². The lowest BCUT2D eigenvalue weighted by molar-refractivity contribution is 0.112. The summed E-state index contributed by atoms with van der Waals surface area (Å²) >= 11 is 1.65. The minimum Gasteiger partial charge on any atom is -0.341 e. The molecule has 0 radical (unpaired) electrons. The molecule has 0 aliphatic carbocycles. The summed E-state index contributed by atoms with van der Waals surface area (Å²) in [4.78, 5) is 15.6. The van der Waals surface area contributed by atoms with Gasteiger partial charge in [-0.25, -0.2) is 4.98 Å². The van der Waals surface area contributed by atoms with E-state index in [0.29, 0.717) is 6.54 Å². The Balaban J connectivity index is 2.09. The number of benzene rings is 1. The zero-order valence-corrected chi connectivity index (χ0v) is 10.8. The van der Waals surface area contributed by atoms with Crippen LogP contribution >= 0.6 is 11.3 Å². The maximum atomic E-state index is 11.1. The van der Waals surface area contributed by atoms with E-state index in [4.69, 9.17) is 0 Å². The van der Waals surface area contributed by atoms with Gasteiger partial charge in [-0.3, -0.25) is 4.79 Å². The third-order valence-corrected chi connectivity index (χ3v) is 3.77. The van der Waals surface area contributed by atoms with E-state index in [9.17, 15) is 4.79 Å². The van der Waals surface area contributed by atoms with Crippen LogP contribution in [-0.4, -0.2) is 15.8 Å². The number of aryl methyl sites for hydroxylation is 1. The highest BCUT2D eigenvalue weighted by atomic mass is 32.1. The van der Waals surface area contributed by atoms with Gasteiger partial charge in [0.25, 0.3) is 0 Å². The lowest BCUT2D eigenvalue weighted by Gasteiger charge is -2.04. The van der Waals surface area contributed by atoms with Crippen molar-refractivity contribution in [3.05, 3.63) is 52.1 Å². The topological polar surface area (TPSA) is 34.9 Å². The van der Waals surface area contributed by atoms with Gasteiger partial charge < -0.3 is 4.57 Å². The van der Waals surface area contributed by atoms with Crippen LogP contribution in [0.2, 0.25) is 0 Å². The normalized spacial score (nSPS) is 10.9. The van der Waals surface area contributed by atoms with Crippen molar-refractivity contribution >= 4 is 28.5 Å². The van der Waals surface area contributed by atoms with E-state index in [1.807, 2.05) is 37.4 Å². The summed E-state index contributed by atoms with van der Waals surface area (Å²) in [6.07, 6.45) is 2.91. The highest BCUT2D eigenvalue weighted by Gasteiger charge is 2.07. The predicted molar refractivity (Wildman–Crippen MR) is 73.3 cm³/mol. The van der Waals surface area contributed by atoms with Crippen LogP contribution in [0, 0.1) is 6.92 Å². The Morgan fingerprint density at radius 3 is 3.00 bits per heavy atom. The molecule has 0 fully saturated rings. The van der Waals surface area contributed by atoms with Crippen molar-refractivity contribution in [2.45, 2.75) is 13.5 Å². The van der Waals surface area contributed by atoms with Crippen molar-refractivity contribution in [2.75, 3.05) is 0 Å². The lowest BCUT2D eigenvalue weighted by atomic mass is 10.1. The molecule has 0 saturated carbocycles. The number of carbonyl (C=O) groups is 1. The molecule has 90 valence electrons. The first-order chi connectivity index (χ1) is 8.78. The lowest BCUT2D eigenvalue weighted by Crippen LogP contribution is -2.00. The van der Waals surface area contributed by atoms with E-state index in [-0.39, 0.29) is 0 Å². The van der Waals surface area contributed by atoms with E-state index in [0.717, 1.165) is 33.5 Å². The second kappa shape index (κ2) is 4.38. The fourth-order valence-corrected chi connectivity index (χ4v) is 2.78. The second-order valence-electron chi connectivity index (χ2n) is 4.20. The van der Waals surface area contributed by atoms with Gasteiger partial charge in [-0.05, 0) is 19.1 Å². The first-order valence-corrected chi connectivity index (χ1v) is 6.60. The molecule has 0 amide bonds. The molecule has 0 bridgehead atoms. The van der Waals surface area contributed by atoms with E-state index in [1.54, 1.807) is 11.3 Å². The minimum atomic E-state index is 0.707. The highest BCUT2D eigenvalue weighted by molar-refractivity contribution is 7.09. The number of hydrogen-bond donors (Lipinski definition) is 0. The zero-order valence-electron chi connectivity index (χ0n) is 9.96. The largest absolute Gasteiger partial charge is 0.341 e. The predicted octanol–water partition coefficient (Wildman–Crippen LogP) is 3.27. The minimum absolute atomic E-state index is 0.707. The molecule has 0 unspecified atom stereocenters. The van der Waals surface area contributed by atoms with Crippen LogP contribution in [0.15, 0.2) is 35.8 Å². The smallest absolute Gasteiger partial charge is 0.152 e. The van der Waals surface area contributed by atoms with E-state index >= 15 is 0 Å². The Morgan fingerprint density at radius 1 is 1.39 bits per heavy atom. The van der Waals surface area contributed by atoms with Gasteiger partial charge >= 0.3 is 0 Å². The van der Waals surface area contributed by atoms with Crippen molar-refractivity contribution < 1.29 is 4.79 Å². The quantitative estimate of drug-likeness (QED) is 0.674. The van der Waals surface area contributed by atoms with Crippen LogP contribution in [0.1, 0.15) is 21.1 Å². The number of carbonyl (C=O) groups excluding carboxylic acids is 1. The fourth-order valence-electron chi connectivity index (χ4n) is 2.17. The van der Waals surface area contributed by atoms with Crippen molar-refractivity contribution in [1.29, 1.82) is 0 Å². The van der Waals surface area contributed by atoms with Crippen molar-refractivity contribution in [3.63, 3.8) is 0 Å². The summed E-state index contributed by atoms with van der Waals surface area (Å²) < 4.78 is 2.08. The van der Waals surface area contributed by atoms with Crippen molar-refractivity contribution in [1.82, 2.24) is 9.55 Å². The van der Waals surface area contributed by atoms with Gasteiger partial charge in [0.1, 0.15) is 0 Å². The first kappa shape index (κ1) is 11.2. The molecule has 3 rings (SSSR count). The molecule has 0 aliphatic rings. The summed E-state index contributed by atoms with van der Waals surface area (Å²) in [5, 5.41) is 4.22. The molecule has 2 heterocycles. The molecule has 2 aromatic heterocycles. The molecule has 0 aliphatic heterocycles. The number of thiazole rings is 1. The number of hydrogen-bond acceptors (Lipinski definition) is 3. The fraction of sp³-hybridized carbons (Fsp3) is 0.143. The molecule has 0 atom stereocenters. The van der Waals surface area contributed by atoms with Gasteiger partial charge in [0.2, 0.25) is 0 Å². The Morgan fingerprint density at radius 2 is 2.28 bits per heavy atom. The average Bonchev–Trinajstić information content (AvgIpc) is 2.97. The van der Waals surface area contributed by atoms with Gasteiger partial charge in [-0.15, -0.1) is 11.3 Å². The molecule has 3 nitrogen and oxygen atoms in total. The first-order valence-electron chi connectivity index (χ1n) is 5.72. The Bertz CT molecular complexity index is 711. The molecule has 0 N–H and O–H groups in total. The molecule has 4 heteroatoms. The van der Waals surface area contributed by atoms with Gasteiger partial charge in [-0.2, -0.15) is 0 Å². The summed E-state index contributed by atoms with van der Waals surface area (Å²) in [5.74, 6) is 0.